The fraction of sp³-hybridized carbons (Fsp3) is 0.500. The number of aromatic amines is 1. The van der Waals surface area contributed by atoms with E-state index in [1.165, 1.54) is 0 Å². The van der Waals surface area contributed by atoms with Gasteiger partial charge in [0, 0.05) is 18.0 Å². The Morgan fingerprint density at radius 3 is 3.17 bits per heavy atom. The summed E-state index contributed by atoms with van der Waals surface area (Å²) in [7, 11) is 0. The lowest BCUT2D eigenvalue weighted by molar-refractivity contribution is -0.132. The summed E-state index contributed by atoms with van der Waals surface area (Å²) < 4.78 is 36.3. The third-order valence-electron chi connectivity index (χ3n) is 4.50. The van der Waals surface area contributed by atoms with Crippen LogP contribution in [0.1, 0.15) is 25.2 Å². The van der Waals surface area contributed by atoms with Gasteiger partial charge in [-0.2, -0.15) is 0 Å². The summed E-state index contributed by atoms with van der Waals surface area (Å²) in [6.45, 7) is 3.19. The number of hydrogen-bond acceptors (Lipinski definition) is 4. The number of ether oxygens (including phenoxy) is 1. The van der Waals surface area contributed by atoms with Gasteiger partial charge in [-0.3, -0.25) is 0 Å². The van der Waals surface area contributed by atoms with Crippen LogP contribution in [0.25, 0.3) is 22.1 Å². The van der Waals surface area contributed by atoms with E-state index in [1.807, 2.05) is 13.0 Å². The molecule has 0 saturated carbocycles. The molecule has 4 rings (SSSR count). The third kappa shape index (κ3) is 2.37. The minimum atomic E-state index is -2.83. The SMILES string of the molecule is CCNCc1nc2cnc3[nH]ccc3c2n1C1COCCC1(F)F. The van der Waals surface area contributed by atoms with Crippen LogP contribution >= 0.6 is 0 Å². The zero-order chi connectivity index (χ0) is 16.7. The highest BCUT2D eigenvalue weighted by molar-refractivity contribution is 6.01. The lowest BCUT2D eigenvalue weighted by Gasteiger charge is -2.33. The van der Waals surface area contributed by atoms with E-state index in [2.05, 4.69) is 20.3 Å². The number of imidazole rings is 1. The number of rotatable bonds is 4. The first-order valence-corrected chi connectivity index (χ1v) is 8.11. The molecule has 1 fully saturated rings. The molecule has 1 unspecified atom stereocenters. The van der Waals surface area contributed by atoms with E-state index in [1.54, 1.807) is 17.0 Å². The Labute approximate surface area is 137 Å². The summed E-state index contributed by atoms with van der Waals surface area (Å²) in [5.74, 6) is -2.25. The zero-order valence-corrected chi connectivity index (χ0v) is 13.4. The summed E-state index contributed by atoms with van der Waals surface area (Å²) in [5, 5.41) is 3.97. The monoisotopic (exact) mass is 335 g/mol. The second-order valence-electron chi connectivity index (χ2n) is 6.01. The van der Waals surface area contributed by atoms with Crippen LogP contribution in [0.5, 0.6) is 0 Å². The molecule has 3 aromatic rings. The minimum Gasteiger partial charge on any atom is -0.379 e. The van der Waals surface area contributed by atoms with Gasteiger partial charge in [-0.1, -0.05) is 6.92 Å². The van der Waals surface area contributed by atoms with E-state index in [0.717, 1.165) is 11.9 Å². The minimum absolute atomic E-state index is 0.0220. The molecule has 0 radical (unpaired) electrons. The van der Waals surface area contributed by atoms with Crippen LogP contribution < -0.4 is 5.32 Å². The molecule has 1 atom stereocenters. The molecule has 2 N–H and O–H groups in total. The van der Waals surface area contributed by atoms with Crippen LogP contribution in [0.15, 0.2) is 18.5 Å². The van der Waals surface area contributed by atoms with E-state index in [0.29, 0.717) is 29.0 Å². The van der Waals surface area contributed by atoms with Crippen LogP contribution in [0.4, 0.5) is 8.78 Å². The molecule has 1 aliphatic rings. The molecule has 0 amide bonds. The molecular formula is C16H19F2N5O. The lowest BCUT2D eigenvalue weighted by atomic mass is 10.0. The summed E-state index contributed by atoms with van der Waals surface area (Å²) in [6.07, 6.45) is 3.11. The number of aromatic nitrogens is 4. The molecule has 8 heteroatoms. The van der Waals surface area contributed by atoms with E-state index in [9.17, 15) is 8.78 Å². The number of nitrogens with one attached hydrogen (secondary N) is 2. The number of alkyl halides is 2. The van der Waals surface area contributed by atoms with Gasteiger partial charge in [0.25, 0.3) is 5.92 Å². The topological polar surface area (TPSA) is 67.8 Å². The number of nitrogens with zero attached hydrogens (tertiary/aromatic N) is 3. The quantitative estimate of drug-likeness (QED) is 0.769. The Bertz CT molecular complexity index is 872. The number of halogens is 2. The standard InChI is InChI=1S/C16H19F2N5O/c1-2-19-8-13-22-11-7-21-15-10(3-5-20-15)14(11)23(13)12-9-24-6-4-16(12,17)18/h3,5,7,12,19H,2,4,6,8-9H2,1H3,(H,20,21). The Balaban J connectivity index is 1.97. The molecule has 3 aromatic heterocycles. The third-order valence-corrected chi connectivity index (χ3v) is 4.50. The average molecular weight is 335 g/mol. The number of pyridine rings is 1. The highest BCUT2D eigenvalue weighted by Crippen LogP contribution is 2.39. The maximum absolute atomic E-state index is 14.6. The highest BCUT2D eigenvalue weighted by atomic mass is 19.3. The molecule has 6 nitrogen and oxygen atoms in total. The van der Waals surface area contributed by atoms with Gasteiger partial charge in [-0.25, -0.2) is 18.7 Å². The van der Waals surface area contributed by atoms with Gasteiger partial charge in [0.05, 0.1) is 31.5 Å². The largest absolute Gasteiger partial charge is 0.379 e. The van der Waals surface area contributed by atoms with Crippen molar-refractivity contribution >= 4 is 22.1 Å². The second kappa shape index (κ2) is 5.78. The lowest BCUT2D eigenvalue weighted by Crippen LogP contribution is -2.40. The van der Waals surface area contributed by atoms with Crippen molar-refractivity contribution in [3.63, 3.8) is 0 Å². The van der Waals surface area contributed by atoms with Crippen molar-refractivity contribution in [3.8, 4) is 0 Å². The Morgan fingerprint density at radius 2 is 2.38 bits per heavy atom. The zero-order valence-electron chi connectivity index (χ0n) is 13.4. The molecule has 0 bridgehead atoms. The molecule has 0 spiro atoms. The van der Waals surface area contributed by atoms with Gasteiger partial charge in [-0.05, 0) is 12.6 Å². The second-order valence-corrected chi connectivity index (χ2v) is 6.01. The summed E-state index contributed by atoms with van der Waals surface area (Å²) in [4.78, 5) is 11.9. The molecule has 128 valence electrons. The van der Waals surface area contributed by atoms with Gasteiger partial charge in [0.2, 0.25) is 0 Å². The number of fused-ring (bicyclic) bond motifs is 3. The van der Waals surface area contributed by atoms with E-state index < -0.39 is 12.0 Å². The van der Waals surface area contributed by atoms with Crippen molar-refractivity contribution in [2.24, 2.45) is 0 Å². The van der Waals surface area contributed by atoms with Crippen LogP contribution in [-0.2, 0) is 11.3 Å². The molecule has 4 heterocycles. The van der Waals surface area contributed by atoms with Gasteiger partial charge in [0.15, 0.2) is 0 Å². The van der Waals surface area contributed by atoms with Crippen molar-refractivity contribution in [2.45, 2.75) is 31.9 Å². The van der Waals surface area contributed by atoms with Crippen molar-refractivity contribution < 1.29 is 13.5 Å². The van der Waals surface area contributed by atoms with E-state index in [4.69, 9.17) is 4.74 Å². The first-order valence-electron chi connectivity index (χ1n) is 8.11. The van der Waals surface area contributed by atoms with Crippen LogP contribution in [0.3, 0.4) is 0 Å². The predicted octanol–water partition coefficient (Wildman–Crippen LogP) is 2.62. The normalized spacial score (nSPS) is 20.9. The van der Waals surface area contributed by atoms with Crippen molar-refractivity contribution in [1.82, 2.24) is 24.8 Å². The van der Waals surface area contributed by atoms with Crippen molar-refractivity contribution in [1.29, 1.82) is 0 Å². The summed E-state index contributed by atoms with van der Waals surface area (Å²) in [6, 6.07) is 0.784. The predicted molar refractivity (Wildman–Crippen MR) is 86.2 cm³/mol. The van der Waals surface area contributed by atoms with E-state index >= 15 is 0 Å². The smallest absolute Gasteiger partial charge is 0.272 e. The van der Waals surface area contributed by atoms with Crippen LogP contribution in [-0.4, -0.2) is 45.2 Å². The molecular weight excluding hydrogens is 316 g/mol. The number of hydrogen-bond donors (Lipinski definition) is 2. The first-order chi connectivity index (χ1) is 11.6. The Kier molecular flexibility index (Phi) is 3.73. The van der Waals surface area contributed by atoms with Gasteiger partial charge < -0.3 is 19.6 Å². The molecule has 0 aliphatic carbocycles. The van der Waals surface area contributed by atoms with Gasteiger partial charge in [-0.15, -0.1) is 0 Å². The maximum atomic E-state index is 14.6. The van der Waals surface area contributed by atoms with Crippen LogP contribution in [0, 0.1) is 0 Å². The maximum Gasteiger partial charge on any atom is 0.272 e. The molecule has 1 aliphatic heterocycles. The Morgan fingerprint density at radius 1 is 1.50 bits per heavy atom. The molecule has 24 heavy (non-hydrogen) atoms. The van der Waals surface area contributed by atoms with Gasteiger partial charge >= 0.3 is 0 Å². The van der Waals surface area contributed by atoms with Crippen LogP contribution in [0.2, 0.25) is 0 Å². The fourth-order valence-electron chi connectivity index (χ4n) is 3.29. The van der Waals surface area contributed by atoms with Gasteiger partial charge in [0.1, 0.15) is 23.0 Å². The fourth-order valence-corrected chi connectivity index (χ4v) is 3.29. The average Bonchev–Trinajstić information content (AvgIpc) is 3.16. The molecule has 1 saturated heterocycles. The molecule has 0 aromatic carbocycles. The summed E-state index contributed by atoms with van der Waals surface area (Å²) >= 11 is 0. The first kappa shape index (κ1) is 15.5. The van der Waals surface area contributed by atoms with Crippen molar-refractivity contribution in [3.05, 3.63) is 24.3 Å². The highest BCUT2D eigenvalue weighted by Gasteiger charge is 2.45. The Hall–Kier alpha value is -2.06. The van der Waals surface area contributed by atoms with E-state index in [-0.39, 0.29) is 19.6 Å². The summed E-state index contributed by atoms with van der Waals surface area (Å²) in [5.41, 5.74) is 1.97. The number of H-pyrrole nitrogens is 1. The van der Waals surface area contributed by atoms with Crippen molar-refractivity contribution in [2.75, 3.05) is 19.8 Å².